The van der Waals surface area contributed by atoms with Gasteiger partial charge in [-0.1, -0.05) is 0 Å². The van der Waals surface area contributed by atoms with Gasteiger partial charge in [-0.15, -0.1) is 11.3 Å². The zero-order chi connectivity index (χ0) is 16.2. The molecule has 1 fully saturated rings. The second-order valence-electron chi connectivity index (χ2n) is 6.44. The van der Waals surface area contributed by atoms with Gasteiger partial charge in [0.1, 0.15) is 5.00 Å². The molecule has 2 N–H and O–H groups in total. The second-order valence-corrected chi connectivity index (χ2v) is 7.55. The Labute approximate surface area is 141 Å². The number of quaternary nitrogens is 1. The first kappa shape index (κ1) is 16.5. The first-order chi connectivity index (χ1) is 11.2. The predicted molar refractivity (Wildman–Crippen MR) is 90.3 cm³/mol. The highest BCUT2D eigenvalue weighted by molar-refractivity contribution is 7.17. The van der Waals surface area contributed by atoms with Crippen molar-refractivity contribution >= 4 is 28.2 Å². The van der Waals surface area contributed by atoms with Gasteiger partial charge in [-0.3, -0.25) is 4.79 Å². The Bertz CT molecular complexity index is 591. The van der Waals surface area contributed by atoms with Gasteiger partial charge in [0.2, 0.25) is 0 Å². The molecule has 0 aromatic carbocycles. The lowest BCUT2D eigenvalue weighted by molar-refractivity contribution is -0.896. The number of ether oxygens (including phenoxy) is 1. The van der Waals surface area contributed by atoms with E-state index in [2.05, 4.69) is 5.32 Å². The molecule has 2 heterocycles. The summed E-state index contributed by atoms with van der Waals surface area (Å²) in [5, 5.41) is 3.67. The summed E-state index contributed by atoms with van der Waals surface area (Å²) in [6, 6.07) is 0. The molecule has 5 nitrogen and oxygen atoms in total. The number of rotatable bonds is 4. The van der Waals surface area contributed by atoms with Crippen LogP contribution < -0.4 is 10.2 Å². The monoisotopic (exact) mass is 337 g/mol. The van der Waals surface area contributed by atoms with E-state index in [0.29, 0.717) is 17.1 Å². The van der Waals surface area contributed by atoms with Gasteiger partial charge in [-0.05, 0) is 50.5 Å². The van der Waals surface area contributed by atoms with Crippen LogP contribution in [-0.2, 0) is 22.4 Å². The molecule has 1 amide bonds. The maximum atomic E-state index is 12.4. The van der Waals surface area contributed by atoms with E-state index in [1.54, 1.807) is 11.3 Å². The third-order valence-electron chi connectivity index (χ3n) is 4.78. The molecular weight excluding hydrogens is 312 g/mol. The number of hydrogen-bond donors (Lipinski definition) is 2. The number of hydrogen-bond acceptors (Lipinski definition) is 4. The van der Waals surface area contributed by atoms with Crippen LogP contribution in [0.1, 0.15) is 52.9 Å². The lowest BCUT2D eigenvalue weighted by Crippen LogP contribution is -3.13. The molecule has 0 spiro atoms. The van der Waals surface area contributed by atoms with Gasteiger partial charge in [0.25, 0.3) is 5.91 Å². The van der Waals surface area contributed by atoms with Gasteiger partial charge in [0.15, 0.2) is 6.54 Å². The Kier molecular flexibility index (Phi) is 5.33. The third kappa shape index (κ3) is 3.75. The number of thiophene rings is 1. The first-order valence-electron chi connectivity index (χ1n) is 8.55. The Balaban J connectivity index is 1.74. The quantitative estimate of drug-likeness (QED) is 0.817. The fraction of sp³-hybridized carbons (Fsp3) is 0.647. The van der Waals surface area contributed by atoms with Crippen molar-refractivity contribution in [2.75, 3.05) is 32.1 Å². The van der Waals surface area contributed by atoms with Crippen LogP contribution in [0.5, 0.6) is 0 Å². The van der Waals surface area contributed by atoms with Crippen LogP contribution >= 0.6 is 11.3 Å². The number of aryl methyl sites for hydroxylation is 1. The molecule has 126 valence electrons. The van der Waals surface area contributed by atoms with Crippen LogP contribution in [0.4, 0.5) is 5.00 Å². The van der Waals surface area contributed by atoms with Gasteiger partial charge in [0, 0.05) is 4.88 Å². The largest absolute Gasteiger partial charge is 0.465 e. The summed E-state index contributed by atoms with van der Waals surface area (Å²) in [6.45, 7) is 2.62. The number of likely N-dealkylation sites (tertiary alicyclic amines) is 1. The summed E-state index contributed by atoms with van der Waals surface area (Å²) in [4.78, 5) is 27.1. The molecule has 2 aliphatic rings. The fourth-order valence-electron chi connectivity index (χ4n) is 3.60. The minimum atomic E-state index is -0.329. The van der Waals surface area contributed by atoms with Crippen LogP contribution in [0.25, 0.3) is 0 Å². The van der Waals surface area contributed by atoms with Crippen molar-refractivity contribution in [1.29, 1.82) is 0 Å². The Hall–Kier alpha value is -1.40. The summed E-state index contributed by atoms with van der Waals surface area (Å²) in [5.74, 6) is -0.323. The molecule has 1 aliphatic carbocycles. The van der Waals surface area contributed by atoms with E-state index >= 15 is 0 Å². The highest BCUT2D eigenvalue weighted by Crippen LogP contribution is 2.38. The molecule has 0 saturated carbocycles. The number of amides is 1. The summed E-state index contributed by atoms with van der Waals surface area (Å²) < 4.78 is 4.94. The molecular formula is C17H25N2O3S+. The van der Waals surface area contributed by atoms with Crippen molar-refractivity contribution in [1.82, 2.24) is 0 Å². The standard InChI is InChI=1S/C17H24N2O3S/c1-22-17(21)15-12-7-3-4-8-13(12)23-16(15)18-14(20)11-19-9-5-2-6-10-19/h2-11H2,1H3,(H,18,20)/p+1. The lowest BCUT2D eigenvalue weighted by Gasteiger charge is -2.22. The van der Waals surface area contributed by atoms with Crippen LogP contribution in [0.3, 0.4) is 0 Å². The van der Waals surface area contributed by atoms with Crippen LogP contribution in [0.2, 0.25) is 0 Å². The summed E-state index contributed by atoms with van der Waals surface area (Å²) in [7, 11) is 1.40. The van der Waals surface area contributed by atoms with Gasteiger partial charge in [-0.25, -0.2) is 4.79 Å². The van der Waals surface area contributed by atoms with Crippen molar-refractivity contribution in [2.24, 2.45) is 0 Å². The number of methoxy groups -OCH3 is 1. The third-order valence-corrected chi connectivity index (χ3v) is 5.99. The molecule has 1 aromatic rings. The van der Waals surface area contributed by atoms with Gasteiger partial charge in [-0.2, -0.15) is 0 Å². The maximum Gasteiger partial charge on any atom is 0.341 e. The van der Waals surface area contributed by atoms with E-state index in [9.17, 15) is 9.59 Å². The minimum absolute atomic E-state index is 0.00523. The van der Waals surface area contributed by atoms with Gasteiger partial charge >= 0.3 is 5.97 Å². The van der Waals surface area contributed by atoms with E-state index in [-0.39, 0.29) is 11.9 Å². The topological polar surface area (TPSA) is 59.8 Å². The Morgan fingerprint density at radius 1 is 1.13 bits per heavy atom. The van der Waals surface area contributed by atoms with Crippen LogP contribution in [0, 0.1) is 0 Å². The number of esters is 1. The predicted octanol–water partition coefficient (Wildman–Crippen LogP) is 1.42. The van der Waals surface area contributed by atoms with Crippen LogP contribution in [0.15, 0.2) is 0 Å². The molecule has 1 saturated heterocycles. The average Bonchev–Trinajstić information content (AvgIpc) is 2.92. The SMILES string of the molecule is COC(=O)c1c(NC(=O)C[NH+]2CCCCC2)sc2c1CCCC2. The molecule has 0 radical (unpaired) electrons. The number of nitrogens with one attached hydrogen (secondary N) is 2. The van der Waals surface area contributed by atoms with Crippen LogP contribution in [-0.4, -0.2) is 38.6 Å². The number of fused-ring (bicyclic) bond motifs is 1. The second kappa shape index (κ2) is 7.45. The molecule has 0 unspecified atom stereocenters. The Morgan fingerprint density at radius 2 is 1.87 bits per heavy atom. The molecule has 3 rings (SSSR count). The Morgan fingerprint density at radius 3 is 2.61 bits per heavy atom. The zero-order valence-electron chi connectivity index (χ0n) is 13.7. The lowest BCUT2D eigenvalue weighted by atomic mass is 9.95. The first-order valence-corrected chi connectivity index (χ1v) is 9.37. The molecule has 23 heavy (non-hydrogen) atoms. The normalized spacial score (nSPS) is 18.3. The van der Waals surface area contributed by atoms with Crippen molar-refractivity contribution in [2.45, 2.75) is 44.9 Å². The number of piperidine rings is 1. The summed E-state index contributed by atoms with van der Waals surface area (Å²) in [6.07, 6.45) is 7.82. The molecule has 0 atom stereocenters. The number of carbonyl (C=O) groups excluding carboxylic acids is 2. The molecule has 0 bridgehead atoms. The van der Waals surface area contributed by atoms with E-state index in [1.165, 1.54) is 36.1 Å². The maximum absolute atomic E-state index is 12.4. The summed E-state index contributed by atoms with van der Waals surface area (Å²) >= 11 is 1.55. The molecule has 6 heteroatoms. The average molecular weight is 337 g/mol. The minimum Gasteiger partial charge on any atom is -0.465 e. The highest BCUT2D eigenvalue weighted by Gasteiger charge is 2.27. The number of anilines is 1. The van der Waals surface area contributed by atoms with E-state index < -0.39 is 0 Å². The van der Waals surface area contributed by atoms with E-state index in [4.69, 9.17) is 4.74 Å². The smallest absolute Gasteiger partial charge is 0.341 e. The highest BCUT2D eigenvalue weighted by atomic mass is 32.1. The van der Waals surface area contributed by atoms with E-state index in [0.717, 1.165) is 44.3 Å². The molecule has 1 aliphatic heterocycles. The number of carbonyl (C=O) groups is 2. The van der Waals surface area contributed by atoms with Crippen molar-refractivity contribution < 1.29 is 19.2 Å². The fourth-order valence-corrected chi connectivity index (χ4v) is 4.89. The van der Waals surface area contributed by atoms with Gasteiger partial charge < -0.3 is 15.0 Å². The van der Waals surface area contributed by atoms with Crippen molar-refractivity contribution in [3.63, 3.8) is 0 Å². The van der Waals surface area contributed by atoms with Crippen molar-refractivity contribution in [3.05, 3.63) is 16.0 Å². The van der Waals surface area contributed by atoms with Crippen molar-refractivity contribution in [3.8, 4) is 0 Å². The van der Waals surface area contributed by atoms with E-state index in [1.807, 2.05) is 0 Å². The van der Waals surface area contributed by atoms with Gasteiger partial charge in [0.05, 0.1) is 25.8 Å². The zero-order valence-corrected chi connectivity index (χ0v) is 14.5. The molecule has 1 aromatic heterocycles. The summed E-state index contributed by atoms with van der Waals surface area (Å²) in [5.41, 5.74) is 1.68.